The predicted octanol–water partition coefficient (Wildman–Crippen LogP) is 1.86. The van der Waals surface area contributed by atoms with E-state index in [0.717, 1.165) is 13.0 Å². The van der Waals surface area contributed by atoms with Crippen LogP contribution in [0.1, 0.15) is 5.56 Å². The number of nitrogens with one attached hydrogen (secondary N) is 2. The summed E-state index contributed by atoms with van der Waals surface area (Å²) in [4.78, 5) is 15.8. The van der Waals surface area contributed by atoms with Crippen molar-refractivity contribution in [1.29, 1.82) is 0 Å². The fraction of sp³-hybridized carbons (Fsp3) is 0.250. The summed E-state index contributed by atoms with van der Waals surface area (Å²) in [6, 6.07) is 11.3. The molecule has 0 aliphatic heterocycles. The molecule has 5 nitrogen and oxygen atoms in total. The summed E-state index contributed by atoms with van der Waals surface area (Å²) >= 11 is 0. The van der Waals surface area contributed by atoms with Gasteiger partial charge in [-0.3, -0.25) is 9.78 Å². The van der Waals surface area contributed by atoms with Crippen LogP contribution in [-0.4, -0.2) is 31.1 Å². The van der Waals surface area contributed by atoms with Crippen LogP contribution in [0.5, 0.6) is 5.75 Å². The van der Waals surface area contributed by atoms with Crippen LogP contribution in [0.4, 0.5) is 5.69 Å². The number of ether oxygens (including phenoxy) is 1. The van der Waals surface area contributed by atoms with E-state index < -0.39 is 0 Å². The SMILES string of the molecule is COc1ccccc1NC(=O)CNCCc1ccncc1. The van der Waals surface area contributed by atoms with Crippen molar-refractivity contribution in [3.8, 4) is 5.75 Å². The molecule has 1 heterocycles. The van der Waals surface area contributed by atoms with Gasteiger partial charge >= 0.3 is 0 Å². The average molecular weight is 285 g/mol. The zero-order valence-electron chi connectivity index (χ0n) is 12.0. The maximum atomic E-state index is 11.9. The number of hydrogen-bond donors (Lipinski definition) is 2. The first-order chi connectivity index (χ1) is 10.3. The number of para-hydroxylation sites is 2. The Bertz CT molecular complexity index is 573. The number of methoxy groups -OCH3 is 1. The molecule has 0 fully saturated rings. The summed E-state index contributed by atoms with van der Waals surface area (Å²) in [7, 11) is 1.58. The van der Waals surface area contributed by atoms with Gasteiger partial charge in [-0.15, -0.1) is 0 Å². The Morgan fingerprint density at radius 2 is 1.95 bits per heavy atom. The molecule has 0 aliphatic rings. The molecular weight excluding hydrogens is 266 g/mol. The highest BCUT2D eigenvalue weighted by atomic mass is 16.5. The molecule has 0 atom stereocenters. The average Bonchev–Trinajstić information content (AvgIpc) is 2.53. The van der Waals surface area contributed by atoms with Crippen LogP contribution >= 0.6 is 0 Å². The third kappa shape index (κ3) is 4.89. The summed E-state index contributed by atoms with van der Waals surface area (Å²) in [6.07, 6.45) is 4.40. The molecule has 0 unspecified atom stereocenters. The second-order valence-electron chi connectivity index (χ2n) is 4.53. The van der Waals surface area contributed by atoms with Crippen LogP contribution in [0.25, 0.3) is 0 Å². The molecule has 1 aromatic carbocycles. The van der Waals surface area contributed by atoms with E-state index in [1.54, 1.807) is 19.5 Å². The van der Waals surface area contributed by atoms with Crippen LogP contribution in [0, 0.1) is 0 Å². The molecule has 0 saturated heterocycles. The van der Waals surface area contributed by atoms with Crippen molar-refractivity contribution in [2.45, 2.75) is 6.42 Å². The third-order valence-electron chi connectivity index (χ3n) is 3.01. The zero-order chi connectivity index (χ0) is 14.9. The Morgan fingerprint density at radius 3 is 2.71 bits per heavy atom. The van der Waals surface area contributed by atoms with E-state index in [-0.39, 0.29) is 12.5 Å². The molecule has 5 heteroatoms. The minimum atomic E-state index is -0.0887. The maximum absolute atomic E-state index is 11.9. The van der Waals surface area contributed by atoms with Crippen molar-refractivity contribution in [2.24, 2.45) is 0 Å². The smallest absolute Gasteiger partial charge is 0.238 e. The van der Waals surface area contributed by atoms with E-state index in [0.29, 0.717) is 11.4 Å². The highest BCUT2D eigenvalue weighted by Crippen LogP contribution is 2.22. The largest absolute Gasteiger partial charge is 0.495 e. The van der Waals surface area contributed by atoms with Crippen LogP contribution in [-0.2, 0) is 11.2 Å². The zero-order valence-corrected chi connectivity index (χ0v) is 12.0. The third-order valence-corrected chi connectivity index (χ3v) is 3.01. The van der Waals surface area contributed by atoms with E-state index in [1.807, 2.05) is 36.4 Å². The van der Waals surface area contributed by atoms with Crippen molar-refractivity contribution in [3.63, 3.8) is 0 Å². The van der Waals surface area contributed by atoms with Gasteiger partial charge in [-0.05, 0) is 42.8 Å². The molecule has 2 aromatic rings. The number of rotatable bonds is 7. The van der Waals surface area contributed by atoms with Gasteiger partial charge in [0.25, 0.3) is 0 Å². The van der Waals surface area contributed by atoms with Gasteiger partial charge in [-0.25, -0.2) is 0 Å². The standard InChI is InChI=1S/C16H19N3O2/c1-21-15-5-3-2-4-14(15)19-16(20)12-18-11-8-13-6-9-17-10-7-13/h2-7,9-10,18H,8,11-12H2,1H3,(H,19,20). The van der Waals surface area contributed by atoms with E-state index in [9.17, 15) is 4.79 Å². The van der Waals surface area contributed by atoms with E-state index in [2.05, 4.69) is 15.6 Å². The van der Waals surface area contributed by atoms with Crippen LogP contribution < -0.4 is 15.4 Å². The molecule has 0 aliphatic carbocycles. The number of amides is 1. The summed E-state index contributed by atoms with van der Waals surface area (Å²) in [5, 5.41) is 5.94. The fourth-order valence-electron chi connectivity index (χ4n) is 1.93. The number of hydrogen-bond acceptors (Lipinski definition) is 4. The van der Waals surface area contributed by atoms with Crippen LogP contribution in [0.3, 0.4) is 0 Å². The Kier molecular flexibility index (Phi) is 5.72. The number of carbonyl (C=O) groups is 1. The van der Waals surface area contributed by atoms with Gasteiger partial charge in [0.15, 0.2) is 0 Å². The van der Waals surface area contributed by atoms with Gasteiger partial charge in [0, 0.05) is 12.4 Å². The first-order valence-corrected chi connectivity index (χ1v) is 6.82. The lowest BCUT2D eigenvalue weighted by Crippen LogP contribution is -2.29. The molecule has 110 valence electrons. The minimum Gasteiger partial charge on any atom is -0.495 e. The number of pyridine rings is 1. The fourth-order valence-corrected chi connectivity index (χ4v) is 1.93. The van der Waals surface area contributed by atoms with Gasteiger partial charge < -0.3 is 15.4 Å². The predicted molar refractivity (Wildman–Crippen MR) is 82.4 cm³/mol. The van der Waals surface area contributed by atoms with E-state index in [1.165, 1.54) is 5.56 Å². The summed E-state index contributed by atoms with van der Waals surface area (Å²) in [6.45, 7) is 1.01. The van der Waals surface area contributed by atoms with Crippen LogP contribution in [0.2, 0.25) is 0 Å². The number of aromatic nitrogens is 1. The van der Waals surface area contributed by atoms with Crippen molar-refractivity contribution in [1.82, 2.24) is 10.3 Å². The second kappa shape index (κ2) is 8.01. The lowest BCUT2D eigenvalue weighted by atomic mass is 10.2. The van der Waals surface area contributed by atoms with E-state index >= 15 is 0 Å². The molecule has 0 bridgehead atoms. The highest BCUT2D eigenvalue weighted by molar-refractivity contribution is 5.93. The quantitative estimate of drug-likeness (QED) is 0.762. The monoisotopic (exact) mass is 285 g/mol. The molecule has 2 rings (SSSR count). The molecular formula is C16H19N3O2. The highest BCUT2D eigenvalue weighted by Gasteiger charge is 2.06. The molecule has 2 N–H and O–H groups in total. The summed E-state index contributed by atoms with van der Waals surface area (Å²) in [5.41, 5.74) is 1.88. The number of carbonyl (C=O) groups excluding carboxylic acids is 1. The molecule has 21 heavy (non-hydrogen) atoms. The Balaban J connectivity index is 1.72. The van der Waals surface area contributed by atoms with Crippen molar-refractivity contribution < 1.29 is 9.53 Å². The van der Waals surface area contributed by atoms with Gasteiger partial charge in [0.2, 0.25) is 5.91 Å². The lowest BCUT2D eigenvalue weighted by Gasteiger charge is -2.10. The first-order valence-electron chi connectivity index (χ1n) is 6.82. The van der Waals surface area contributed by atoms with Gasteiger partial charge in [0.05, 0.1) is 19.3 Å². The van der Waals surface area contributed by atoms with Crippen molar-refractivity contribution >= 4 is 11.6 Å². The normalized spacial score (nSPS) is 10.1. The second-order valence-corrected chi connectivity index (χ2v) is 4.53. The van der Waals surface area contributed by atoms with Crippen molar-refractivity contribution in [3.05, 3.63) is 54.4 Å². The molecule has 0 spiro atoms. The summed E-state index contributed by atoms with van der Waals surface area (Å²) < 4.78 is 5.19. The maximum Gasteiger partial charge on any atom is 0.238 e. The van der Waals surface area contributed by atoms with Crippen LogP contribution in [0.15, 0.2) is 48.8 Å². The molecule has 1 amide bonds. The van der Waals surface area contributed by atoms with Gasteiger partial charge in [0.1, 0.15) is 5.75 Å². The Hall–Kier alpha value is -2.40. The number of benzene rings is 1. The number of nitrogens with zero attached hydrogens (tertiary/aromatic N) is 1. The number of anilines is 1. The minimum absolute atomic E-state index is 0.0887. The molecule has 0 radical (unpaired) electrons. The molecule has 0 saturated carbocycles. The Morgan fingerprint density at radius 1 is 1.19 bits per heavy atom. The van der Waals surface area contributed by atoms with E-state index in [4.69, 9.17) is 4.74 Å². The first kappa shape index (κ1) is 15.0. The Labute approximate surface area is 124 Å². The van der Waals surface area contributed by atoms with Crippen molar-refractivity contribution in [2.75, 3.05) is 25.5 Å². The topological polar surface area (TPSA) is 63.2 Å². The summed E-state index contributed by atoms with van der Waals surface area (Å²) in [5.74, 6) is 0.567. The van der Waals surface area contributed by atoms with Gasteiger partial charge in [-0.2, -0.15) is 0 Å². The van der Waals surface area contributed by atoms with Gasteiger partial charge in [-0.1, -0.05) is 12.1 Å². The lowest BCUT2D eigenvalue weighted by molar-refractivity contribution is -0.115. The molecule has 1 aromatic heterocycles.